The van der Waals surface area contributed by atoms with Crippen molar-refractivity contribution in [3.8, 4) is 0 Å². The zero-order valence-electron chi connectivity index (χ0n) is 31.4. The van der Waals surface area contributed by atoms with Crippen molar-refractivity contribution in [2.24, 2.45) is 0 Å². The number of hydrogen-bond acceptors (Lipinski definition) is 12. The molecular weight excluding hydrogens is 940 g/mol. The maximum Gasteiger partial charge on any atom is 0.422 e. The van der Waals surface area contributed by atoms with Crippen LogP contribution in [0.4, 0.5) is 15.4 Å². The van der Waals surface area contributed by atoms with Gasteiger partial charge < -0.3 is 20.3 Å². The van der Waals surface area contributed by atoms with Crippen molar-refractivity contribution in [3.63, 3.8) is 0 Å². The molecule has 4 heterocycles. The lowest BCUT2D eigenvalue weighted by molar-refractivity contribution is -0.121. The lowest BCUT2D eigenvalue weighted by Crippen LogP contribution is -2.53. The molecule has 4 amide bonds. The molecule has 22 heteroatoms. The van der Waals surface area contributed by atoms with Crippen LogP contribution in [0, 0.1) is 0 Å². The summed E-state index contributed by atoms with van der Waals surface area (Å²) in [6, 6.07) is 9.21. The number of hydrogen-bond donors (Lipinski definition) is 5. The van der Waals surface area contributed by atoms with E-state index in [-0.39, 0.29) is 84.6 Å². The first-order valence-electron chi connectivity index (χ1n) is 18.7. The highest BCUT2D eigenvalue weighted by Crippen LogP contribution is 2.26. The second-order valence-corrected chi connectivity index (χ2v) is 17.1. The molecule has 2 aromatic carbocycles. The summed E-state index contributed by atoms with van der Waals surface area (Å²) in [5.74, 6) is -0.789. The lowest BCUT2D eigenvalue weighted by atomic mass is 9.96. The predicted octanol–water partition coefficient (Wildman–Crippen LogP) is 3.41. The fourth-order valence-electron chi connectivity index (χ4n) is 7.45. The van der Waals surface area contributed by atoms with E-state index in [1.54, 1.807) is 6.07 Å². The monoisotopic (exact) mass is 978 g/mol. The standard InChI is InChI=1S/C37H40BrClN10O8S.BrH/c38-27-18-29-26(17-28(27)39)35(52)49(20-43-29)19-25(50)16-30-31(6-3-9-40-30)57-37(54)47-58(55,56)46-23-7-12-48(13-8-23)36(53)45-33-32(41-10-11-42-33)34(51)44-24-14-21-4-1-2-5-22(21)15-24;/h1-2,4-5,10-11,17-18,20,23-24,30-31,40,46H,3,6-9,12-16,19H2,(H,44,51)(H,47,54)(H,42,45,53);1H/t30-,31+;/m0./s1. The van der Waals surface area contributed by atoms with Gasteiger partial charge in [0.05, 0.1) is 34.8 Å². The van der Waals surface area contributed by atoms with Crippen LogP contribution in [0.2, 0.25) is 5.02 Å². The first-order chi connectivity index (χ1) is 27.8. The molecule has 2 saturated heterocycles. The maximum atomic E-state index is 13.2. The molecule has 2 fully saturated rings. The van der Waals surface area contributed by atoms with E-state index in [0.29, 0.717) is 47.2 Å². The van der Waals surface area contributed by atoms with Crippen LogP contribution in [-0.4, -0.2) is 101 Å². The number of amides is 4. The molecule has 314 valence electrons. The SMILES string of the molecule is Br.O=C(C[C@@H]1NCCC[C@H]1OC(=O)NS(=O)(=O)NC1CCN(C(=O)Nc2nccnc2C(=O)NC2Cc3ccccc3C2)CC1)Cn1cnc2cc(Br)c(Cl)cc2c1=O. The van der Waals surface area contributed by atoms with Crippen molar-refractivity contribution < 1.29 is 32.3 Å². The van der Waals surface area contributed by atoms with Gasteiger partial charge in [-0.3, -0.25) is 24.3 Å². The Bertz CT molecular complexity index is 2390. The number of Topliss-reactive ketones (excluding diaryl/α,β-unsaturated/α-hetero) is 1. The molecule has 0 saturated carbocycles. The molecular formula is C37H41Br2ClN10O8S. The van der Waals surface area contributed by atoms with Crippen molar-refractivity contribution in [2.75, 3.05) is 25.0 Å². The Morgan fingerprint density at radius 1 is 0.983 bits per heavy atom. The van der Waals surface area contributed by atoms with Gasteiger partial charge in [-0.15, -0.1) is 17.0 Å². The van der Waals surface area contributed by atoms with Gasteiger partial charge in [0, 0.05) is 48.5 Å². The third-order valence-electron chi connectivity index (χ3n) is 10.3. The Morgan fingerprint density at radius 2 is 1.69 bits per heavy atom. The van der Waals surface area contributed by atoms with Gasteiger partial charge in [0.1, 0.15) is 6.10 Å². The first kappa shape index (κ1) is 44.0. The number of piperidine rings is 2. The summed E-state index contributed by atoms with van der Waals surface area (Å²) in [4.78, 5) is 79.3. The van der Waals surface area contributed by atoms with Crippen LogP contribution in [0.1, 0.15) is 53.7 Å². The molecule has 7 rings (SSSR count). The minimum absolute atomic E-state index is 0. The number of aromatic nitrogens is 4. The number of ketones is 1. The molecule has 2 aliphatic heterocycles. The number of ether oxygens (including phenoxy) is 1. The average Bonchev–Trinajstić information content (AvgIpc) is 3.60. The topological polar surface area (TPSA) is 236 Å². The van der Waals surface area contributed by atoms with Crippen LogP contribution < -0.4 is 31.0 Å². The largest absolute Gasteiger partial charge is 0.444 e. The quantitative estimate of drug-likeness (QED) is 0.146. The molecule has 2 aromatic heterocycles. The van der Waals surface area contributed by atoms with E-state index in [1.807, 2.05) is 29.0 Å². The number of rotatable bonds is 11. The van der Waals surface area contributed by atoms with Crippen LogP contribution in [0.3, 0.4) is 0 Å². The van der Waals surface area contributed by atoms with Gasteiger partial charge >= 0.3 is 22.3 Å². The average molecular weight is 981 g/mol. The lowest BCUT2D eigenvalue weighted by Gasteiger charge is -2.33. The van der Waals surface area contributed by atoms with E-state index in [2.05, 4.69) is 51.6 Å². The summed E-state index contributed by atoms with van der Waals surface area (Å²) >= 11 is 9.46. The molecule has 0 radical (unpaired) electrons. The van der Waals surface area contributed by atoms with E-state index in [4.69, 9.17) is 16.3 Å². The summed E-state index contributed by atoms with van der Waals surface area (Å²) in [5.41, 5.74) is 2.30. The van der Waals surface area contributed by atoms with Gasteiger partial charge in [0.2, 0.25) is 0 Å². The van der Waals surface area contributed by atoms with Crippen LogP contribution in [0.15, 0.2) is 64.4 Å². The number of carbonyl (C=O) groups is 4. The molecule has 5 N–H and O–H groups in total. The van der Waals surface area contributed by atoms with Gasteiger partial charge in [0.15, 0.2) is 17.3 Å². The molecule has 0 unspecified atom stereocenters. The molecule has 0 spiro atoms. The number of carbonyl (C=O) groups excluding carboxylic acids is 4. The summed E-state index contributed by atoms with van der Waals surface area (Å²) < 4.78 is 37.4. The summed E-state index contributed by atoms with van der Waals surface area (Å²) in [7, 11) is -4.37. The Hall–Kier alpha value is -4.54. The minimum Gasteiger partial charge on any atom is -0.444 e. The molecule has 18 nitrogen and oxygen atoms in total. The number of benzene rings is 2. The zero-order valence-corrected chi connectivity index (χ0v) is 36.2. The zero-order chi connectivity index (χ0) is 41.0. The Morgan fingerprint density at radius 3 is 2.42 bits per heavy atom. The van der Waals surface area contributed by atoms with E-state index in [9.17, 15) is 32.4 Å². The van der Waals surface area contributed by atoms with Crippen LogP contribution in [-0.2, 0) is 39.1 Å². The minimum atomic E-state index is -4.37. The molecule has 59 heavy (non-hydrogen) atoms. The van der Waals surface area contributed by atoms with Crippen molar-refractivity contribution in [1.82, 2.24) is 44.5 Å². The van der Waals surface area contributed by atoms with E-state index >= 15 is 0 Å². The van der Waals surface area contributed by atoms with Gasteiger partial charge in [-0.25, -0.2) is 29.3 Å². The number of anilines is 1. The summed E-state index contributed by atoms with van der Waals surface area (Å²) in [6.07, 6.45) is 4.73. The van der Waals surface area contributed by atoms with Crippen LogP contribution in [0.25, 0.3) is 10.9 Å². The second-order valence-electron chi connectivity index (χ2n) is 14.4. The fourth-order valence-corrected chi connectivity index (χ4v) is 8.94. The number of halogens is 3. The molecule has 1 aliphatic carbocycles. The van der Waals surface area contributed by atoms with E-state index < -0.39 is 52.0 Å². The van der Waals surface area contributed by atoms with Crippen molar-refractivity contribution in [3.05, 3.63) is 91.8 Å². The Balaban J connectivity index is 0.00000585. The van der Waals surface area contributed by atoms with E-state index in [1.165, 1.54) is 45.4 Å². The number of nitrogens with zero attached hydrogens (tertiary/aromatic N) is 5. The highest BCUT2D eigenvalue weighted by Gasteiger charge is 2.33. The summed E-state index contributed by atoms with van der Waals surface area (Å²) in [6.45, 7) is 0.607. The Kier molecular flexibility index (Phi) is 14.4. The van der Waals surface area contributed by atoms with Gasteiger partial charge in [0.25, 0.3) is 11.5 Å². The van der Waals surface area contributed by atoms with Crippen LogP contribution >= 0.6 is 44.5 Å². The van der Waals surface area contributed by atoms with Crippen LogP contribution in [0.5, 0.6) is 0 Å². The number of fused-ring (bicyclic) bond motifs is 2. The highest BCUT2D eigenvalue weighted by atomic mass is 79.9. The molecule has 0 bridgehead atoms. The van der Waals surface area contributed by atoms with Crippen molar-refractivity contribution in [2.45, 2.75) is 75.7 Å². The number of nitrogens with one attached hydrogen (secondary N) is 5. The fraction of sp³-hybridized carbons (Fsp3) is 0.405. The number of likely N-dealkylation sites (tertiary alicyclic amines) is 1. The predicted molar refractivity (Wildman–Crippen MR) is 226 cm³/mol. The molecule has 2 atom stereocenters. The van der Waals surface area contributed by atoms with Gasteiger partial charge in [-0.2, -0.15) is 13.1 Å². The van der Waals surface area contributed by atoms with Crippen molar-refractivity contribution in [1.29, 1.82) is 0 Å². The number of urea groups is 1. The van der Waals surface area contributed by atoms with Gasteiger partial charge in [-0.1, -0.05) is 35.9 Å². The summed E-state index contributed by atoms with van der Waals surface area (Å²) in [5, 5.41) is 9.37. The van der Waals surface area contributed by atoms with Gasteiger partial charge in [-0.05, 0) is 84.3 Å². The highest BCUT2D eigenvalue weighted by molar-refractivity contribution is 9.10. The third-order valence-corrected chi connectivity index (χ3v) is 12.6. The first-order valence-corrected chi connectivity index (χ1v) is 21.3. The maximum absolute atomic E-state index is 13.2. The second kappa shape index (κ2) is 19.2. The normalized spacial score (nSPS) is 18.4. The third kappa shape index (κ3) is 11.0. The smallest absolute Gasteiger partial charge is 0.422 e. The molecule has 3 aliphatic rings. The Labute approximate surface area is 362 Å². The van der Waals surface area contributed by atoms with Crippen molar-refractivity contribution >= 4 is 95.3 Å². The molecule has 4 aromatic rings. The van der Waals surface area contributed by atoms with E-state index in [0.717, 1.165) is 0 Å².